The van der Waals surface area contributed by atoms with E-state index in [1.54, 1.807) is 4.68 Å². The normalized spacial score (nSPS) is 24.2. The summed E-state index contributed by atoms with van der Waals surface area (Å²) in [6.07, 6.45) is 4.60. The van der Waals surface area contributed by atoms with Crippen LogP contribution in [0.3, 0.4) is 0 Å². The quantitative estimate of drug-likeness (QED) is 0.919. The number of hydrogen-bond acceptors (Lipinski definition) is 2. The van der Waals surface area contributed by atoms with Gasteiger partial charge in [0.2, 0.25) is 0 Å². The van der Waals surface area contributed by atoms with E-state index in [4.69, 9.17) is 11.6 Å². The standard InChI is InChI=1S/C13H19ClN2O2/c1-8-12(14)11(16(2)15-8)7-9-5-3-4-6-10(9)13(17)18/h9-10H,3-7H2,1-2H3,(H,17,18). The molecule has 0 bridgehead atoms. The fourth-order valence-electron chi connectivity index (χ4n) is 2.93. The molecule has 2 atom stereocenters. The summed E-state index contributed by atoms with van der Waals surface area (Å²) < 4.78 is 1.78. The lowest BCUT2D eigenvalue weighted by molar-refractivity contribution is -0.144. The Morgan fingerprint density at radius 3 is 2.72 bits per heavy atom. The maximum Gasteiger partial charge on any atom is 0.306 e. The molecule has 1 heterocycles. The van der Waals surface area contributed by atoms with Gasteiger partial charge < -0.3 is 5.11 Å². The molecule has 1 aliphatic rings. The molecular formula is C13H19ClN2O2. The summed E-state index contributed by atoms with van der Waals surface area (Å²) in [5.74, 6) is -0.719. The molecule has 2 unspecified atom stereocenters. The van der Waals surface area contributed by atoms with E-state index in [1.165, 1.54) is 0 Å². The van der Waals surface area contributed by atoms with Gasteiger partial charge in [0.25, 0.3) is 0 Å². The van der Waals surface area contributed by atoms with Gasteiger partial charge in [0.05, 0.1) is 22.3 Å². The van der Waals surface area contributed by atoms with Crippen LogP contribution in [0.4, 0.5) is 0 Å². The summed E-state index contributed by atoms with van der Waals surface area (Å²) >= 11 is 6.23. The molecule has 1 fully saturated rings. The van der Waals surface area contributed by atoms with Gasteiger partial charge in [0.1, 0.15) is 0 Å². The molecule has 2 rings (SSSR count). The lowest BCUT2D eigenvalue weighted by Crippen LogP contribution is -2.29. The Morgan fingerprint density at radius 2 is 2.17 bits per heavy atom. The van der Waals surface area contributed by atoms with Gasteiger partial charge in [0.15, 0.2) is 0 Å². The smallest absolute Gasteiger partial charge is 0.306 e. The second-order valence-corrected chi connectivity index (χ2v) is 5.54. The molecule has 1 aliphatic carbocycles. The number of nitrogens with zero attached hydrogens (tertiary/aromatic N) is 2. The van der Waals surface area contributed by atoms with Crippen molar-refractivity contribution < 1.29 is 9.90 Å². The molecule has 4 nitrogen and oxygen atoms in total. The highest BCUT2D eigenvalue weighted by Crippen LogP contribution is 2.34. The van der Waals surface area contributed by atoms with Crippen molar-refractivity contribution in [3.8, 4) is 0 Å². The molecule has 1 aromatic heterocycles. The van der Waals surface area contributed by atoms with Crippen LogP contribution in [0.5, 0.6) is 0 Å². The van der Waals surface area contributed by atoms with Gasteiger partial charge in [-0.2, -0.15) is 5.10 Å². The van der Waals surface area contributed by atoms with Crippen molar-refractivity contribution in [2.24, 2.45) is 18.9 Å². The molecule has 0 radical (unpaired) electrons. The summed E-state index contributed by atoms with van der Waals surface area (Å²) in [5.41, 5.74) is 1.78. The van der Waals surface area contributed by atoms with E-state index in [0.717, 1.165) is 37.1 Å². The number of carbonyl (C=O) groups is 1. The van der Waals surface area contributed by atoms with Crippen LogP contribution in [0.25, 0.3) is 0 Å². The summed E-state index contributed by atoms with van der Waals surface area (Å²) in [7, 11) is 1.87. The van der Waals surface area contributed by atoms with Crippen LogP contribution in [0.15, 0.2) is 0 Å². The lowest BCUT2D eigenvalue weighted by atomic mass is 9.77. The Kier molecular flexibility index (Phi) is 3.95. The Bertz CT molecular complexity index is 456. The molecule has 1 aromatic rings. The average Bonchev–Trinajstić information content (AvgIpc) is 2.56. The van der Waals surface area contributed by atoms with E-state index in [-0.39, 0.29) is 11.8 Å². The molecule has 0 aliphatic heterocycles. The van der Waals surface area contributed by atoms with Crippen molar-refractivity contribution in [3.05, 3.63) is 16.4 Å². The minimum absolute atomic E-state index is 0.184. The molecule has 0 aromatic carbocycles. The molecule has 18 heavy (non-hydrogen) atoms. The van der Waals surface area contributed by atoms with E-state index in [9.17, 15) is 9.90 Å². The van der Waals surface area contributed by atoms with Gasteiger partial charge in [-0.05, 0) is 32.1 Å². The Labute approximate surface area is 112 Å². The van der Waals surface area contributed by atoms with Gasteiger partial charge >= 0.3 is 5.97 Å². The molecule has 5 heteroatoms. The highest BCUT2D eigenvalue weighted by Gasteiger charge is 2.32. The highest BCUT2D eigenvalue weighted by atomic mass is 35.5. The summed E-state index contributed by atoms with van der Waals surface area (Å²) in [6.45, 7) is 1.88. The third kappa shape index (κ3) is 2.53. The van der Waals surface area contributed by atoms with Crippen molar-refractivity contribution in [1.29, 1.82) is 0 Å². The number of carboxylic acid groups (broad SMARTS) is 1. The predicted molar refractivity (Wildman–Crippen MR) is 69.7 cm³/mol. The van der Waals surface area contributed by atoms with Gasteiger partial charge in [0, 0.05) is 7.05 Å². The fraction of sp³-hybridized carbons (Fsp3) is 0.692. The Hall–Kier alpha value is -1.03. The van der Waals surface area contributed by atoms with Gasteiger partial charge in [-0.1, -0.05) is 24.4 Å². The van der Waals surface area contributed by atoms with Crippen LogP contribution in [-0.4, -0.2) is 20.9 Å². The minimum atomic E-state index is -0.672. The van der Waals surface area contributed by atoms with Crippen molar-refractivity contribution in [3.63, 3.8) is 0 Å². The number of hydrogen-bond donors (Lipinski definition) is 1. The van der Waals surface area contributed by atoms with Gasteiger partial charge in [-0.25, -0.2) is 0 Å². The molecule has 100 valence electrons. The topological polar surface area (TPSA) is 55.1 Å². The molecule has 1 saturated carbocycles. The highest BCUT2D eigenvalue weighted by molar-refractivity contribution is 6.31. The van der Waals surface area contributed by atoms with E-state index in [2.05, 4.69) is 5.10 Å². The number of aryl methyl sites for hydroxylation is 2. The van der Waals surface area contributed by atoms with E-state index >= 15 is 0 Å². The third-order valence-electron chi connectivity index (χ3n) is 3.94. The van der Waals surface area contributed by atoms with Gasteiger partial charge in [-0.3, -0.25) is 9.48 Å². The van der Waals surface area contributed by atoms with Crippen molar-refractivity contribution in [2.75, 3.05) is 0 Å². The number of rotatable bonds is 3. The first-order valence-electron chi connectivity index (χ1n) is 6.41. The number of aromatic nitrogens is 2. The van der Waals surface area contributed by atoms with Crippen LogP contribution in [-0.2, 0) is 18.3 Å². The summed E-state index contributed by atoms with van der Waals surface area (Å²) in [4.78, 5) is 11.3. The first kappa shape index (κ1) is 13.4. The van der Waals surface area contributed by atoms with Crippen LogP contribution >= 0.6 is 11.6 Å². The molecule has 0 amide bonds. The van der Waals surface area contributed by atoms with Crippen LogP contribution < -0.4 is 0 Å². The van der Waals surface area contributed by atoms with Crippen molar-refractivity contribution in [1.82, 2.24) is 9.78 Å². The molecule has 0 spiro atoms. The largest absolute Gasteiger partial charge is 0.481 e. The van der Waals surface area contributed by atoms with Crippen molar-refractivity contribution >= 4 is 17.6 Å². The summed E-state index contributed by atoms with van der Waals surface area (Å²) in [5, 5.41) is 14.2. The second-order valence-electron chi connectivity index (χ2n) is 5.16. The fourth-order valence-corrected chi connectivity index (χ4v) is 3.16. The van der Waals surface area contributed by atoms with Crippen LogP contribution in [0.1, 0.15) is 37.1 Å². The first-order chi connectivity index (χ1) is 8.50. The SMILES string of the molecule is Cc1nn(C)c(CC2CCCCC2C(=O)O)c1Cl. The minimum Gasteiger partial charge on any atom is -0.481 e. The Morgan fingerprint density at radius 1 is 1.50 bits per heavy atom. The zero-order valence-electron chi connectivity index (χ0n) is 10.8. The Balaban J connectivity index is 2.18. The number of aliphatic carboxylic acids is 1. The zero-order chi connectivity index (χ0) is 13.3. The number of halogens is 1. The van der Waals surface area contributed by atoms with Crippen LogP contribution in [0, 0.1) is 18.8 Å². The van der Waals surface area contributed by atoms with Crippen LogP contribution in [0.2, 0.25) is 5.02 Å². The first-order valence-corrected chi connectivity index (χ1v) is 6.79. The average molecular weight is 271 g/mol. The van der Waals surface area contributed by atoms with E-state index in [1.807, 2.05) is 14.0 Å². The van der Waals surface area contributed by atoms with E-state index in [0.29, 0.717) is 11.4 Å². The van der Waals surface area contributed by atoms with E-state index < -0.39 is 5.97 Å². The monoisotopic (exact) mass is 270 g/mol. The maximum atomic E-state index is 11.3. The molecular weight excluding hydrogens is 252 g/mol. The predicted octanol–water partition coefficient (Wildman–Crippen LogP) is 2.82. The maximum absolute atomic E-state index is 11.3. The molecule has 1 N–H and O–H groups in total. The third-order valence-corrected chi connectivity index (χ3v) is 4.44. The zero-order valence-corrected chi connectivity index (χ0v) is 11.6. The lowest BCUT2D eigenvalue weighted by Gasteiger charge is -2.28. The number of carboxylic acids is 1. The second kappa shape index (κ2) is 5.31. The van der Waals surface area contributed by atoms with Crippen molar-refractivity contribution in [2.45, 2.75) is 39.0 Å². The molecule has 0 saturated heterocycles. The van der Waals surface area contributed by atoms with Gasteiger partial charge in [-0.15, -0.1) is 0 Å². The summed E-state index contributed by atoms with van der Waals surface area (Å²) in [6, 6.07) is 0.